The molecular weight excluding hydrogens is 174 g/mol. The highest BCUT2D eigenvalue weighted by Gasteiger charge is 2.06. The van der Waals surface area contributed by atoms with Gasteiger partial charge in [-0.25, -0.2) is 4.98 Å². The van der Waals surface area contributed by atoms with E-state index in [2.05, 4.69) is 27.0 Å². The van der Waals surface area contributed by atoms with Crippen LogP contribution in [0.15, 0.2) is 30.9 Å². The number of rotatable bonds is 4. The Hall–Kier alpha value is -1.09. The summed E-state index contributed by atoms with van der Waals surface area (Å²) < 4.78 is 2.10. The van der Waals surface area contributed by atoms with Gasteiger partial charge in [0, 0.05) is 31.5 Å². The third kappa shape index (κ3) is 2.70. The van der Waals surface area contributed by atoms with E-state index in [4.69, 9.17) is 0 Å². The topological polar surface area (TPSA) is 29.9 Å². The number of nitrogens with one attached hydrogen (secondary N) is 1. The van der Waals surface area contributed by atoms with Gasteiger partial charge in [0.25, 0.3) is 0 Å². The number of hydrogen-bond acceptors (Lipinski definition) is 2. The van der Waals surface area contributed by atoms with Gasteiger partial charge in [-0.2, -0.15) is 0 Å². The van der Waals surface area contributed by atoms with Crippen molar-refractivity contribution < 1.29 is 0 Å². The fourth-order valence-corrected chi connectivity index (χ4v) is 1.78. The van der Waals surface area contributed by atoms with Crippen LogP contribution in [0.25, 0.3) is 0 Å². The number of imidazole rings is 1. The Morgan fingerprint density at radius 3 is 3.21 bits per heavy atom. The van der Waals surface area contributed by atoms with Crippen LogP contribution in [-0.4, -0.2) is 22.1 Å². The highest BCUT2D eigenvalue weighted by atomic mass is 15.0. The van der Waals surface area contributed by atoms with Gasteiger partial charge < -0.3 is 9.88 Å². The molecule has 2 rings (SSSR count). The predicted octanol–water partition coefficient (Wildman–Crippen LogP) is 1.58. The van der Waals surface area contributed by atoms with Crippen molar-refractivity contribution in [3.8, 4) is 0 Å². The summed E-state index contributed by atoms with van der Waals surface area (Å²) in [6.45, 7) is 2.02. The van der Waals surface area contributed by atoms with Gasteiger partial charge in [-0.3, -0.25) is 0 Å². The van der Waals surface area contributed by atoms with Crippen LogP contribution < -0.4 is 5.32 Å². The molecule has 0 aliphatic heterocycles. The second-order valence-electron chi connectivity index (χ2n) is 3.72. The monoisotopic (exact) mass is 191 g/mol. The van der Waals surface area contributed by atoms with E-state index >= 15 is 0 Å². The SMILES string of the molecule is C1=CC(NCCn2ccnc2)CCC1. The molecule has 3 nitrogen and oxygen atoms in total. The second kappa shape index (κ2) is 4.96. The maximum atomic E-state index is 4.01. The lowest BCUT2D eigenvalue weighted by Crippen LogP contribution is -2.31. The molecule has 0 spiro atoms. The molecule has 76 valence electrons. The molecule has 1 heterocycles. The molecule has 1 unspecified atom stereocenters. The Morgan fingerprint density at radius 2 is 2.50 bits per heavy atom. The van der Waals surface area contributed by atoms with Crippen LogP contribution >= 0.6 is 0 Å². The van der Waals surface area contributed by atoms with Gasteiger partial charge in [-0.05, 0) is 19.3 Å². The molecule has 0 amide bonds. The van der Waals surface area contributed by atoms with Gasteiger partial charge in [-0.15, -0.1) is 0 Å². The van der Waals surface area contributed by atoms with Gasteiger partial charge in [-0.1, -0.05) is 12.2 Å². The highest BCUT2D eigenvalue weighted by molar-refractivity contribution is 4.97. The Balaban J connectivity index is 1.67. The highest BCUT2D eigenvalue weighted by Crippen LogP contribution is 2.09. The van der Waals surface area contributed by atoms with Crippen LogP contribution in [0.4, 0.5) is 0 Å². The lowest BCUT2D eigenvalue weighted by Gasteiger charge is -2.17. The molecule has 0 bridgehead atoms. The van der Waals surface area contributed by atoms with E-state index in [0.717, 1.165) is 13.1 Å². The molecule has 1 aliphatic rings. The summed E-state index contributed by atoms with van der Waals surface area (Å²) in [5.41, 5.74) is 0. The van der Waals surface area contributed by atoms with Gasteiger partial charge in [0.05, 0.1) is 6.33 Å². The Bertz CT molecular complexity index is 277. The molecule has 1 aromatic heterocycles. The standard InChI is InChI=1S/C11H17N3/c1-2-4-11(5-3-1)13-7-9-14-8-6-12-10-14/h2,4,6,8,10-11,13H,1,3,5,7,9H2. The largest absolute Gasteiger partial charge is 0.336 e. The Labute approximate surface area is 84.8 Å². The van der Waals surface area contributed by atoms with E-state index in [1.807, 2.05) is 18.7 Å². The summed E-state index contributed by atoms with van der Waals surface area (Å²) in [7, 11) is 0. The van der Waals surface area contributed by atoms with E-state index in [0.29, 0.717) is 6.04 Å². The molecule has 0 fully saturated rings. The third-order valence-electron chi connectivity index (χ3n) is 2.59. The molecule has 1 N–H and O–H groups in total. The Morgan fingerprint density at radius 1 is 1.50 bits per heavy atom. The number of aromatic nitrogens is 2. The van der Waals surface area contributed by atoms with Gasteiger partial charge >= 0.3 is 0 Å². The normalized spacial score (nSPS) is 21.3. The minimum Gasteiger partial charge on any atom is -0.336 e. The van der Waals surface area contributed by atoms with E-state index in [1.54, 1.807) is 0 Å². The van der Waals surface area contributed by atoms with Crippen LogP contribution in [0.2, 0.25) is 0 Å². The van der Waals surface area contributed by atoms with Gasteiger partial charge in [0.2, 0.25) is 0 Å². The van der Waals surface area contributed by atoms with Crippen molar-refractivity contribution >= 4 is 0 Å². The predicted molar refractivity (Wildman–Crippen MR) is 57.0 cm³/mol. The molecule has 0 saturated heterocycles. The first-order valence-corrected chi connectivity index (χ1v) is 5.31. The lowest BCUT2D eigenvalue weighted by molar-refractivity contribution is 0.499. The number of hydrogen-bond donors (Lipinski definition) is 1. The summed E-state index contributed by atoms with van der Waals surface area (Å²) in [4.78, 5) is 4.01. The lowest BCUT2D eigenvalue weighted by atomic mass is 10.0. The smallest absolute Gasteiger partial charge is 0.0946 e. The van der Waals surface area contributed by atoms with Crippen molar-refractivity contribution in [3.05, 3.63) is 30.9 Å². The summed E-state index contributed by atoms with van der Waals surface area (Å²) in [6.07, 6.45) is 14.1. The number of nitrogens with zero attached hydrogens (tertiary/aromatic N) is 2. The quantitative estimate of drug-likeness (QED) is 0.732. The third-order valence-corrected chi connectivity index (χ3v) is 2.59. The first-order valence-electron chi connectivity index (χ1n) is 5.31. The van der Waals surface area contributed by atoms with Crippen molar-refractivity contribution in [2.45, 2.75) is 31.8 Å². The fraction of sp³-hybridized carbons (Fsp3) is 0.545. The average Bonchev–Trinajstić information content (AvgIpc) is 2.72. The van der Waals surface area contributed by atoms with Crippen LogP contribution in [0.1, 0.15) is 19.3 Å². The van der Waals surface area contributed by atoms with Gasteiger partial charge in [0.15, 0.2) is 0 Å². The second-order valence-corrected chi connectivity index (χ2v) is 3.72. The molecule has 0 saturated carbocycles. The van der Waals surface area contributed by atoms with E-state index in [-0.39, 0.29) is 0 Å². The molecule has 1 aromatic rings. The van der Waals surface area contributed by atoms with Crippen LogP contribution in [0, 0.1) is 0 Å². The van der Waals surface area contributed by atoms with Gasteiger partial charge in [0.1, 0.15) is 0 Å². The summed E-state index contributed by atoms with van der Waals surface area (Å²) in [5.74, 6) is 0. The molecule has 0 radical (unpaired) electrons. The van der Waals surface area contributed by atoms with Crippen molar-refractivity contribution in [1.82, 2.24) is 14.9 Å². The zero-order valence-corrected chi connectivity index (χ0v) is 8.39. The molecule has 3 heteroatoms. The van der Waals surface area contributed by atoms with Crippen LogP contribution in [0.5, 0.6) is 0 Å². The molecule has 1 atom stereocenters. The van der Waals surface area contributed by atoms with E-state index in [1.165, 1.54) is 19.3 Å². The van der Waals surface area contributed by atoms with Crippen molar-refractivity contribution in [1.29, 1.82) is 0 Å². The molecular formula is C11H17N3. The first kappa shape index (κ1) is 9.46. The maximum absolute atomic E-state index is 4.01. The van der Waals surface area contributed by atoms with Crippen molar-refractivity contribution in [3.63, 3.8) is 0 Å². The Kier molecular flexibility index (Phi) is 3.35. The maximum Gasteiger partial charge on any atom is 0.0946 e. The fourth-order valence-electron chi connectivity index (χ4n) is 1.78. The van der Waals surface area contributed by atoms with Crippen LogP contribution in [0.3, 0.4) is 0 Å². The zero-order chi connectivity index (χ0) is 9.64. The summed E-state index contributed by atoms with van der Waals surface area (Å²) >= 11 is 0. The molecule has 0 aromatic carbocycles. The summed E-state index contributed by atoms with van der Waals surface area (Å²) in [6, 6.07) is 0.590. The van der Waals surface area contributed by atoms with Crippen LogP contribution in [-0.2, 0) is 6.54 Å². The van der Waals surface area contributed by atoms with Crippen molar-refractivity contribution in [2.24, 2.45) is 0 Å². The average molecular weight is 191 g/mol. The van der Waals surface area contributed by atoms with Crippen molar-refractivity contribution in [2.75, 3.05) is 6.54 Å². The molecule has 1 aliphatic carbocycles. The number of allylic oxidation sites excluding steroid dienone is 1. The van der Waals surface area contributed by atoms with E-state index < -0.39 is 0 Å². The molecule has 14 heavy (non-hydrogen) atoms. The zero-order valence-electron chi connectivity index (χ0n) is 8.39. The summed E-state index contributed by atoms with van der Waals surface area (Å²) in [5, 5.41) is 3.52. The van der Waals surface area contributed by atoms with E-state index in [9.17, 15) is 0 Å². The minimum atomic E-state index is 0.590. The minimum absolute atomic E-state index is 0.590. The first-order chi connectivity index (χ1) is 6.95.